The Morgan fingerprint density at radius 2 is 2.22 bits per heavy atom. The van der Waals surface area contributed by atoms with Crippen molar-refractivity contribution in [3.05, 3.63) is 46.0 Å². The summed E-state index contributed by atoms with van der Waals surface area (Å²) in [5, 5.41) is 8.25. The minimum Gasteiger partial charge on any atom is -0.343 e. The summed E-state index contributed by atoms with van der Waals surface area (Å²) in [4.78, 5) is 3.95. The zero-order valence-electron chi connectivity index (χ0n) is 9.86. The van der Waals surface area contributed by atoms with Crippen LogP contribution in [0.3, 0.4) is 0 Å². The number of rotatable bonds is 5. The summed E-state index contributed by atoms with van der Waals surface area (Å²) in [6.45, 7) is 2.78. The molecule has 18 heavy (non-hydrogen) atoms. The Hall–Kier alpha value is -1.10. The van der Waals surface area contributed by atoms with Gasteiger partial charge in [-0.3, -0.25) is 0 Å². The molecule has 1 aromatic carbocycles. The van der Waals surface area contributed by atoms with E-state index >= 15 is 0 Å². The summed E-state index contributed by atoms with van der Waals surface area (Å²) < 4.78 is 4.66. The van der Waals surface area contributed by atoms with Crippen molar-refractivity contribution < 1.29 is 4.52 Å². The first-order chi connectivity index (χ1) is 8.68. The Kier molecular flexibility index (Phi) is 4.58. The molecule has 2 rings (SSSR count). The molecule has 0 bridgehead atoms. The minimum atomic E-state index is 0.114. The van der Waals surface area contributed by atoms with Crippen LogP contribution in [0.1, 0.15) is 24.4 Å². The molecule has 2 aromatic rings. The predicted octanol–water partition coefficient (Wildman–Crippen LogP) is 3.27. The second kappa shape index (κ2) is 6.18. The molecule has 4 nitrogen and oxygen atoms in total. The number of hydrogen-bond acceptors (Lipinski definition) is 4. The Morgan fingerprint density at radius 1 is 1.39 bits per heavy atom. The van der Waals surface area contributed by atoms with E-state index in [0.717, 1.165) is 12.1 Å². The number of hydrogen-bond donors (Lipinski definition) is 1. The van der Waals surface area contributed by atoms with Crippen LogP contribution >= 0.6 is 23.2 Å². The lowest BCUT2D eigenvalue weighted by atomic mass is 10.1. The quantitative estimate of drug-likeness (QED) is 0.916. The Labute approximate surface area is 115 Å². The van der Waals surface area contributed by atoms with E-state index in [0.29, 0.717) is 22.3 Å². The van der Waals surface area contributed by atoms with Crippen molar-refractivity contribution >= 4 is 23.2 Å². The van der Waals surface area contributed by atoms with Crippen molar-refractivity contribution in [2.24, 2.45) is 0 Å². The summed E-state index contributed by atoms with van der Waals surface area (Å²) >= 11 is 12.1. The van der Waals surface area contributed by atoms with E-state index in [1.165, 1.54) is 6.39 Å². The van der Waals surface area contributed by atoms with Crippen molar-refractivity contribution in [1.29, 1.82) is 0 Å². The van der Waals surface area contributed by atoms with Crippen molar-refractivity contribution in [3.63, 3.8) is 0 Å². The molecule has 0 aliphatic rings. The summed E-state index contributed by atoms with van der Waals surface area (Å²) in [6.07, 6.45) is 2.03. The Balaban J connectivity index is 1.91. The molecule has 1 unspecified atom stereocenters. The van der Waals surface area contributed by atoms with Gasteiger partial charge in [0.2, 0.25) is 6.39 Å². The van der Waals surface area contributed by atoms with Crippen molar-refractivity contribution in [1.82, 2.24) is 15.5 Å². The molecule has 0 saturated heterocycles. The molecule has 1 N–H and O–H groups in total. The molecular weight excluding hydrogens is 273 g/mol. The fourth-order valence-electron chi connectivity index (χ4n) is 1.67. The molecule has 0 amide bonds. The first-order valence-corrected chi connectivity index (χ1v) is 6.36. The standard InChI is InChI=1S/C12H13Cl2N3O/c1-8(9-3-2-4-10(13)12(9)14)15-6-5-11-16-7-18-17-11/h2-4,7-8,15H,5-6H2,1H3. The van der Waals surface area contributed by atoms with Gasteiger partial charge in [0.05, 0.1) is 10.0 Å². The van der Waals surface area contributed by atoms with E-state index in [1.54, 1.807) is 6.07 Å². The summed E-state index contributed by atoms with van der Waals surface area (Å²) in [5.74, 6) is 0.687. The molecule has 1 aromatic heterocycles. The average molecular weight is 286 g/mol. The lowest BCUT2D eigenvalue weighted by molar-refractivity contribution is 0.408. The Morgan fingerprint density at radius 3 is 2.94 bits per heavy atom. The van der Waals surface area contributed by atoms with E-state index in [4.69, 9.17) is 23.2 Å². The molecule has 0 fully saturated rings. The van der Waals surface area contributed by atoms with Crippen LogP contribution in [0.25, 0.3) is 0 Å². The Bertz CT molecular complexity index is 502. The van der Waals surface area contributed by atoms with Crippen LogP contribution in [-0.2, 0) is 6.42 Å². The molecule has 6 heteroatoms. The highest BCUT2D eigenvalue weighted by Gasteiger charge is 2.11. The van der Waals surface area contributed by atoms with Crippen LogP contribution in [-0.4, -0.2) is 16.7 Å². The maximum Gasteiger partial charge on any atom is 0.213 e. The number of aromatic nitrogens is 2. The molecule has 1 heterocycles. The van der Waals surface area contributed by atoms with Crippen molar-refractivity contribution in [2.45, 2.75) is 19.4 Å². The third-order valence-corrected chi connectivity index (χ3v) is 3.49. The second-order valence-corrected chi connectivity index (χ2v) is 4.70. The fraction of sp³-hybridized carbons (Fsp3) is 0.333. The lowest BCUT2D eigenvalue weighted by Crippen LogP contribution is -2.22. The first kappa shape index (κ1) is 13.3. The molecule has 0 aliphatic carbocycles. The summed E-state index contributed by atoms with van der Waals surface area (Å²) in [5.41, 5.74) is 0.984. The maximum atomic E-state index is 6.15. The molecular formula is C12H13Cl2N3O. The normalized spacial score (nSPS) is 12.6. The minimum absolute atomic E-state index is 0.114. The topological polar surface area (TPSA) is 51.0 Å². The van der Waals surface area contributed by atoms with Gasteiger partial charge in [0.1, 0.15) is 0 Å². The van der Waals surface area contributed by atoms with E-state index in [9.17, 15) is 0 Å². The average Bonchev–Trinajstić information content (AvgIpc) is 2.85. The third-order valence-electron chi connectivity index (χ3n) is 2.65. The maximum absolute atomic E-state index is 6.15. The fourth-order valence-corrected chi connectivity index (χ4v) is 2.14. The van der Waals surface area contributed by atoms with Gasteiger partial charge >= 0.3 is 0 Å². The van der Waals surface area contributed by atoms with Crippen molar-refractivity contribution in [3.8, 4) is 0 Å². The predicted molar refractivity (Wildman–Crippen MR) is 70.9 cm³/mol. The van der Waals surface area contributed by atoms with Gasteiger partial charge in [0, 0.05) is 19.0 Å². The van der Waals surface area contributed by atoms with Crippen LogP contribution in [0.2, 0.25) is 10.0 Å². The van der Waals surface area contributed by atoms with Gasteiger partial charge in [-0.1, -0.05) is 40.5 Å². The first-order valence-electron chi connectivity index (χ1n) is 5.61. The lowest BCUT2D eigenvalue weighted by Gasteiger charge is -2.15. The number of nitrogens with one attached hydrogen (secondary N) is 1. The number of halogens is 2. The summed E-state index contributed by atoms with van der Waals surface area (Å²) in [6, 6.07) is 5.74. The van der Waals surface area contributed by atoms with Gasteiger partial charge in [-0.15, -0.1) is 0 Å². The van der Waals surface area contributed by atoms with Gasteiger partial charge in [-0.2, -0.15) is 4.98 Å². The monoisotopic (exact) mass is 285 g/mol. The van der Waals surface area contributed by atoms with Crippen LogP contribution < -0.4 is 5.32 Å². The second-order valence-electron chi connectivity index (χ2n) is 3.92. The van der Waals surface area contributed by atoms with E-state index in [1.807, 2.05) is 19.1 Å². The third kappa shape index (κ3) is 3.22. The van der Waals surface area contributed by atoms with Crippen LogP contribution in [0.5, 0.6) is 0 Å². The molecule has 0 aliphatic heterocycles. The van der Waals surface area contributed by atoms with E-state index in [2.05, 4.69) is 20.0 Å². The number of nitrogens with zero attached hydrogens (tertiary/aromatic N) is 2. The van der Waals surface area contributed by atoms with E-state index in [-0.39, 0.29) is 6.04 Å². The molecule has 0 spiro atoms. The molecule has 1 atom stereocenters. The highest BCUT2D eigenvalue weighted by molar-refractivity contribution is 6.42. The van der Waals surface area contributed by atoms with Crippen LogP contribution in [0, 0.1) is 0 Å². The molecule has 0 saturated carbocycles. The summed E-state index contributed by atoms with van der Waals surface area (Å²) in [7, 11) is 0. The van der Waals surface area contributed by atoms with Crippen LogP contribution in [0.4, 0.5) is 0 Å². The van der Waals surface area contributed by atoms with Gasteiger partial charge in [-0.05, 0) is 18.6 Å². The SMILES string of the molecule is CC(NCCc1ncon1)c1cccc(Cl)c1Cl. The molecule has 0 radical (unpaired) electrons. The highest BCUT2D eigenvalue weighted by Crippen LogP contribution is 2.29. The van der Waals surface area contributed by atoms with Gasteiger partial charge in [-0.25, -0.2) is 0 Å². The van der Waals surface area contributed by atoms with Gasteiger partial charge in [0.25, 0.3) is 0 Å². The molecule has 96 valence electrons. The van der Waals surface area contributed by atoms with Gasteiger partial charge < -0.3 is 9.84 Å². The zero-order valence-corrected chi connectivity index (χ0v) is 11.4. The van der Waals surface area contributed by atoms with Crippen molar-refractivity contribution in [2.75, 3.05) is 6.54 Å². The van der Waals surface area contributed by atoms with Gasteiger partial charge in [0.15, 0.2) is 5.82 Å². The zero-order chi connectivity index (χ0) is 13.0. The smallest absolute Gasteiger partial charge is 0.213 e. The van der Waals surface area contributed by atoms with Crippen LogP contribution in [0.15, 0.2) is 29.1 Å². The largest absolute Gasteiger partial charge is 0.343 e. The number of benzene rings is 1. The van der Waals surface area contributed by atoms with E-state index < -0.39 is 0 Å². The highest BCUT2D eigenvalue weighted by atomic mass is 35.5.